The van der Waals surface area contributed by atoms with Gasteiger partial charge in [0.25, 0.3) is 18.7 Å². The molecule has 0 aliphatic carbocycles. The third-order valence-electron chi connectivity index (χ3n) is 5.20. The number of fused-ring (bicyclic) bond motifs is 1. The van der Waals surface area contributed by atoms with Crippen LogP contribution >= 0.6 is 0 Å². The lowest BCUT2D eigenvalue weighted by Gasteiger charge is -2.27. The molecule has 10 nitrogen and oxygen atoms in total. The molecular weight excluding hydrogens is 471 g/mol. The molecule has 2 aromatic carbocycles. The number of hydrogen-bond acceptors (Lipinski definition) is 7. The second-order valence-corrected chi connectivity index (χ2v) is 7.56. The number of rotatable bonds is 7. The van der Waals surface area contributed by atoms with Crippen molar-refractivity contribution in [1.82, 2.24) is 4.90 Å². The van der Waals surface area contributed by atoms with Crippen molar-refractivity contribution in [2.75, 3.05) is 36.5 Å². The van der Waals surface area contributed by atoms with E-state index in [1.165, 1.54) is 17.0 Å². The summed E-state index contributed by atoms with van der Waals surface area (Å²) in [7, 11) is 0. The van der Waals surface area contributed by atoms with E-state index in [0.717, 1.165) is 22.5 Å². The molecule has 2 aliphatic rings. The highest BCUT2D eigenvalue weighted by atomic mass is 19.4. The molecule has 2 aliphatic heterocycles. The fourth-order valence-corrected chi connectivity index (χ4v) is 3.71. The van der Waals surface area contributed by atoms with E-state index in [1.807, 2.05) is 24.0 Å². The van der Waals surface area contributed by atoms with E-state index in [1.54, 1.807) is 12.1 Å². The van der Waals surface area contributed by atoms with Gasteiger partial charge in [0, 0.05) is 29.6 Å². The van der Waals surface area contributed by atoms with Crippen LogP contribution in [-0.2, 0) is 14.4 Å². The first-order valence-corrected chi connectivity index (χ1v) is 10.6. The van der Waals surface area contributed by atoms with Gasteiger partial charge in [-0.15, -0.1) is 13.2 Å². The van der Waals surface area contributed by atoms with E-state index in [-0.39, 0.29) is 5.69 Å². The maximum absolute atomic E-state index is 12.6. The fraction of sp³-hybridized carbons (Fsp3) is 0.318. The van der Waals surface area contributed by atoms with Crippen LogP contribution in [0.5, 0.6) is 11.5 Å². The van der Waals surface area contributed by atoms with Crippen molar-refractivity contribution in [3.63, 3.8) is 0 Å². The predicted molar refractivity (Wildman–Crippen MR) is 115 cm³/mol. The molecule has 0 spiro atoms. The van der Waals surface area contributed by atoms with Crippen LogP contribution in [0.2, 0.25) is 0 Å². The molecule has 0 radical (unpaired) electrons. The molecule has 1 saturated heterocycles. The summed E-state index contributed by atoms with van der Waals surface area (Å²) in [6, 6.07) is 11.7. The highest BCUT2D eigenvalue weighted by Crippen LogP contribution is 2.29. The molecule has 1 N–H and O–H groups in total. The van der Waals surface area contributed by atoms with Crippen molar-refractivity contribution in [3.05, 3.63) is 48.5 Å². The van der Waals surface area contributed by atoms with Gasteiger partial charge in [0.15, 0.2) is 0 Å². The summed E-state index contributed by atoms with van der Waals surface area (Å²) >= 11 is 0. The molecule has 35 heavy (non-hydrogen) atoms. The summed E-state index contributed by atoms with van der Waals surface area (Å²) in [6.07, 6.45) is -5.63. The van der Waals surface area contributed by atoms with E-state index in [4.69, 9.17) is 4.74 Å². The SMILES string of the molecule is CCOc1ccc(N2CCN3C(=O)C(=O)[N+](CC(=O)Nc4ccc(OC(F)(F)F)cc4)=NC32)cc1. The molecule has 0 aromatic heterocycles. The van der Waals surface area contributed by atoms with Gasteiger partial charge in [0.1, 0.15) is 11.5 Å². The molecule has 4 rings (SSSR count). The Morgan fingerprint density at radius 3 is 2.31 bits per heavy atom. The van der Waals surface area contributed by atoms with Crippen LogP contribution in [0.3, 0.4) is 0 Å². The van der Waals surface area contributed by atoms with Crippen LogP contribution in [0.25, 0.3) is 0 Å². The van der Waals surface area contributed by atoms with Crippen LogP contribution in [-0.4, -0.2) is 66.2 Å². The van der Waals surface area contributed by atoms with Gasteiger partial charge in [-0.05, 0) is 60.2 Å². The first kappa shape index (κ1) is 24.0. The van der Waals surface area contributed by atoms with E-state index >= 15 is 0 Å². The van der Waals surface area contributed by atoms with Gasteiger partial charge in [-0.2, -0.15) is 0 Å². The number of alkyl halides is 3. The molecule has 0 bridgehead atoms. The number of carbonyl (C=O) groups is 3. The Kier molecular flexibility index (Phi) is 6.58. The molecule has 1 atom stereocenters. The van der Waals surface area contributed by atoms with Crippen molar-refractivity contribution in [2.45, 2.75) is 19.6 Å². The van der Waals surface area contributed by atoms with Gasteiger partial charge in [-0.3, -0.25) is 14.5 Å². The maximum Gasteiger partial charge on any atom is 0.573 e. The second-order valence-electron chi connectivity index (χ2n) is 7.56. The molecule has 2 heterocycles. The van der Waals surface area contributed by atoms with E-state index in [9.17, 15) is 27.6 Å². The number of anilines is 2. The topological polar surface area (TPSA) is 104 Å². The zero-order valence-corrected chi connectivity index (χ0v) is 18.5. The molecule has 1 fully saturated rings. The van der Waals surface area contributed by atoms with Crippen molar-refractivity contribution >= 4 is 29.1 Å². The molecule has 0 saturated carbocycles. The van der Waals surface area contributed by atoms with Gasteiger partial charge >= 0.3 is 18.2 Å². The summed E-state index contributed by atoms with van der Waals surface area (Å²) in [5.41, 5.74) is 0.941. The fourth-order valence-electron chi connectivity index (χ4n) is 3.71. The Hall–Kier alpha value is -4.16. The van der Waals surface area contributed by atoms with Gasteiger partial charge < -0.3 is 19.7 Å². The van der Waals surface area contributed by atoms with Crippen LogP contribution in [0.4, 0.5) is 24.5 Å². The van der Waals surface area contributed by atoms with E-state index < -0.39 is 42.7 Å². The Morgan fingerprint density at radius 1 is 1.06 bits per heavy atom. The Bertz CT molecular complexity index is 1150. The predicted octanol–water partition coefficient (Wildman–Crippen LogP) is 2.56. The Labute approximate surface area is 197 Å². The smallest absolute Gasteiger partial charge is 0.494 e. The summed E-state index contributed by atoms with van der Waals surface area (Å²) < 4.78 is 46.9. The minimum absolute atomic E-state index is 0.179. The van der Waals surface area contributed by atoms with E-state index in [2.05, 4.69) is 15.2 Å². The molecule has 1 unspecified atom stereocenters. The summed E-state index contributed by atoms with van der Waals surface area (Å²) in [5.74, 6) is -2.16. The number of benzene rings is 2. The average molecular weight is 492 g/mol. The zero-order chi connectivity index (χ0) is 25.2. The molecule has 13 heteroatoms. The quantitative estimate of drug-likeness (QED) is 0.471. The summed E-state index contributed by atoms with van der Waals surface area (Å²) in [4.78, 5) is 40.7. The number of carbonyl (C=O) groups excluding carboxylic acids is 3. The zero-order valence-electron chi connectivity index (χ0n) is 18.5. The first-order chi connectivity index (χ1) is 16.6. The molecular formula is C22H21F3N5O5+. The van der Waals surface area contributed by atoms with Gasteiger partial charge in [-0.25, -0.2) is 4.79 Å². The van der Waals surface area contributed by atoms with Gasteiger partial charge in [0.2, 0.25) is 0 Å². The Morgan fingerprint density at radius 2 is 1.69 bits per heavy atom. The number of hydrogen-bond donors (Lipinski definition) is 1. The largest absolute Gasteiger partial charge is 0.573 e. The lowest BCUT2D eigenvalue weighted by Crippen LogP contribution is -2.52. The third kappa shape index (κ3) is 5.50. The average Bonchev–Trinajstić information content (AvgIpc) is 3.22. The number of nitrogens with one attached hydrogen (secondary N) is 1. The second kappa shape index (κ2) is 9.60. The minimum atomic E-state index is -4.83. The number of azo groups is 2. The lowest BCUT2D eigenvalue weighted by atomic mass is 10.3. The third-order valence-corrected chi connectivity index (χ3v) is 5.20. The van der Waals surface area contributed by atoms with Crippen molar-refractivity contribution in [2.24, 2.45) is 5.11 Å². The van der Waals surface area contributed by atoms with Crippen LogP contribution in [0, 0.1) is 0 Å². The van der Waals surface area contributed by atoms with Gasteiger partial charge in [-0.1, -0.05) is 0 Å². The molecule has 3 amide bonds. The Balaban J connectivity index is 1.46. The lowest BCUT2D eigenvalue weighted by molar-refractivity contribution is -0.509. The van der Waals surface area contributed by atoms with Crippen molar-refractivity contribution in [1.29, 1.82) is 0 Å². The number of halogens is 3. The highest BCUT2D eigenvalue weighted by Gasteiger charge is 2.49. The maximum atomic E-state index is 12.6. The van der Waals surface area contributed by atoms with Crippen molar-refractivity contribution < 1.29 is 41.7 Å². The van der Waals surface area contributed by atoms with Crippen LogP contribution < -0.4 is 19.7 Å². The number of ether oxygens (including phenoxy) is 2. The monoisotopic (exact) mass is 492 g/mol. The summed E-state index contributed by atoms with van der Waals surface area (Å²) in [6.45, 7) is 2.57. The minimum Gasteiger partial charge on any atom is -0.494 e. The molecule has 2 aromatic rings. The van der Waals surface area contributed by atoms with Gasteiger partial charge in [0.05, 0.1) is 6.61 Å². The number of amides is 3. The summed E-state index contributed by atoms with van der Waals surface area (Å²) in [5, 5.41) is 6.76. The molecule has 184 valence electrons. The van der Waals surface area contributed by atoms with Crippen LogP contribution in [0.15, 0.2) is 53.6 Å². The van der Waals surface area contributed by atoms with E-state index in [0.29, 0.717) is 25.4 Å². The normalized spacial score (nSPS) is 17.7. The van der Waals surface area contributed by atoms with Crippen LogP contribution in [0.1, 0.15) is 6.92 Å². The highest BCUT2D eigenvalue weighted by molar-refractivity contribution is 6.32. The van der Waals surface area contributed by atoms with Crippen molar-refractivity contribution in [3.8, 4) is 11.5 Å². The number of nitrogens with zero attached hydrogens (tertiary/aromatic N) is 4. The standard InChI is InChI=1S/C22H20F3N5O5/c1-2-34-16-9-5-15(6-10-16)28-11-12-29-19(32)20(33)30(27-21(28)29)13-18(31)26-14-3-7-17(8-4-14)35-22(23,24)25/h3-10,21H,2,11-13H2,1H3/p+1. The first-order valence-electron chi connectivity index (χ1n) is 10.6.